The molecule has 2 heteroatoms. The average molecular weight is 224 g/mol. The second-order valence-electron chi connectivity index (χ2n) is 4.53. The van der Waals surface area contributed by atoms with Crippen molar-refractivity contribution in [3.8, 4) is 0 Å². The number of allylic oxidation sites excluding steroid dienone is 4. The zero-order valence-electron chi connectivity index (χ0n) is 11.2. The van der Waals surface area contributed by atoms with E-state index in [4.69, 9.17) is 0 Å². The molecular formula is C14H24O2. The van der Waals surface area contributed by atoms with Gasteiger partial charge in [-0.3, -0.25) is 4.79 Å². The Morgan fingerprint density at radius 3 is 2.38 bits per heavy atom. The Bertz CT molecular complexity index is 270. The molecule has 0 fully saturated rings. The molecule has 0 aliphatic carbocycles. The van der Waals surface area contributed by atoms with Crippen molar-refractivity contribution in [2.75, 3.05) is 7.11 Å². The number of esters is 1. The van der Waals surface area contributed by atoms with Gasteiger partial charge in [-0.2, -0.15) is 0 Å². The van der Waals surface area contributed by atoms with Gasteiger partial charge in [0, 0.05) is 0 Å². The molecule has 0 heterocycles. The molecule has 1 atom stereocenters. The maximum Gasteiger partial charge on any atom is 0.308 e. The highest BCUT2D eigenvalue weighted by Crippen LogP contribution is 2.11. The fraction of sp³-hybridized carbons (Fsp3) is 0.643. The van der Waals surface area contributed by atoms with Gasteiger partial charge in [0.1, 0.15) is 0 Å². The molecule has 0 aromatic heterocycles. The minimum atomic E-state index is -0.131. The first kappa shape index (κ1) is 14.9. The van der Waals surface area contributed by atoms with E-state index in [9.17, 15) is 4.79 Å². The average Bonchev–Trinajstić information content (AvgIpc) is 2.24. The van der Waals surface area contributed by atoms with Crippen LogP contribution in [0.25, 0.3) is 0 Å². The van der Waals surface area contributed by atoms with Crippen molar-refractivity contribution in [2.45, 2.75) is 47.0 Å². The summed E-state index contributed by atoms with van der Waals surface area (Å²) in [7, 11) is 1.43. The predicted molar refractivity (Wildman–Crippen MR) is 68.2 cm³/mol. The lowest BCUT2D eigenvalue weighted by Crippen LogP contribution is -2.11. The third-order valence-corrected chi connectivity index (χ3v) is 2.51. The first-order valence-electron chi connectivity index (χ1n) is 5.84. The topological polar surface area (TPSA) is 26.3 Å². The van der Waals surface area contributed by atoms with Gasteiger partial charge in [-0.15, -0.1) is 0 Å². The maximum atomic E-state index is 11.2. The van der Waals surface area contributed by atoms with E-state index in [0.717, 1.165) is 19.3 Å². The molecule has 0 spiro atoms. The highest BCUT2D eigenvalue weighted by atomic mass is 16.5. The Labute approximate surface area is 99.4 Å². The van der Waals surface area contributed by atoms with Crippen LogP contribution in [0.4, 0.5) is 0 Å². The van der Waals surface area contributed by atoms with Gasteiger partial charge >= 0.3 is 5.97 Å². The van der Waals surface area contributed by atoms with E-state index in [2.05, 4.69) is 37.7 Å². The minimum absolute atomic E-state index is 0.0385. The first-order valence-corrected chi connectivity index (χ1v) is 5.84. The fourth-order valence-corrected chi connectivity index (χ4v) is 1.37. The van der Waals surface area contributed by atoms with Crippen LogP contribution in [0.3, 0.4) is 0 Å². The van der Waals surface area contributed by atoms with Crippen molar-refractivity contribution in [2.24, 2.45) is 5.92 Å². The van der Waals surface area contributed by atoms with E-state index in [1.54, 1.807) is 0 Å². The van der Waals surface area contributed by atoms with Gasteiger partial charge in [0.25, 0.3) is 0 Å². The number of rotatable bonds is 6. The molecule has 0 saturated carbocycles. The first-order chi connectivity index (χ1) is 7.47. The number of methoxy groups -OCH3 is 1. The van der Waals surface area contributed by atoms with E-state index in [1.807, 2.05) is 6.92 Å². The molecule has 0 saturated heterocycles. The van der Waals surface area contributed by atoms with Crippen molar-refractivity contribution < 1.29 is 9.53 Å². The van der Waals surface area contributed by atoms with Crippen molar-refractivity contribution >= 4 is 5.97 Å². The van der Waals surface area contributed by atoms with Gasteiger partial charge in [-0.05, 0) is 40.0 Å². The molecule has 0 amide bonds. The van der Waals surface area contributed by atoms with Crippen LogP contribution in [0.1, 0.15) is 47.0 Å². The summed E-state index contributed by atoms with van der Waals surface area (Å²) in [5.41, 5.74) is 2.70. The number of carbonyl (C=O) groups excluding carboxylic acids is 1. The van der Waals surface area contributed by atoms with Gasteiger partial charge < -0.3 is 4.74 Å². The van der Waals surface area contributed by atoms with E-state index >= 15 is 0 Å². The van der Waals surface area contributed by atoms with Gasteiger partial charge in [0.05, 0.1) is 13.0 Å². The Morgan fingerprint density at radius 2 is 1.88 bits per heavy atom. The summed E-state index contributed by atoms with van der Waals surface area (Å²) < 4.78 is 4.68. The lowest BCUT2D eigenvalue weighted by molar-refractivity contribution is -0.144. The van der Waals surface area contributed by atoms with Crippen LogP contribution in [0.5, 0.6) is 0 Å². The van der Waals surface area contributed by atoms with Crippen molar-refractivity contribution in [3.63, 3.8) is 0 Å². The van der Waals surface area contributed by atoms with Crippen LogP contribution < -0.4 is 0 Å². The highest BCUT2D eigenvalue weighted by Gasteiger charge is 2.10. The summed E-state index contributed by atoms with van der Waals surface area (Å²) in [6.07, 6.45) is 7.30. The standard InChI is InChI=1S/C14H24O2/c1-11(2)7-6-8-12(3)9-10-13(4)14(15)16-5/h7,9,13H,6,8,10H2,1-5H3/b12-9+. The van der Waals surface area contributed by atoms with Crippen LogP contribution >= 0.6 is 0 Å². The highest BCUT2D eigenvalue weighted by molar-refractivity contribution is 5.71. The van der Waals surface area contributed by atoms with Crippen LogP contribution in [-0.4, -0.2) is 13.1 Å². The van der Waals surface area contributed by atoms with Gasteiger partial charge in [0.15, 0.2) is 0 Å². The van der Waals surface area contributed by atoms with Crippen LogP contribution in [-0.2, 0) is 9.53 Å². The van der Waals surface area contributed by atoms with Gasteiger partial charge in [0.2, 0.25) is 0 Å². The molecule has 0 N–H and O–H groups in total. The minimum Gasteiger partial charge on any atom is -0.469 e. The maximum absolute atomic E-state index is 11.2. The van der Waals surface area contributed by atoms with Gasteiger partial charge in [-0.25, -0.2) is 0 Å². The van der Waals surface area contributed by atoms with Crippen molar-refractivity contribution in [1.82, 2.24) is 0 Å². The van der Waals surface area contributed by atoms with E-state index in [-0.39, 0.29) is 11.9 Å². The Morgan fingerprint density at radius 1 is 1.25 bits per heavy atom. The lowest BCUT2D eigenvalue weighted by atomic mass is 10.0. The molecule has 2 nitrogen and oxygen atoms in total. The van der Waals surface area contributed by atoms with Crippen LogP contribution in [0.2, 0.25) is 0 Å². The second-order valence-corrected chi connectivity index (χ2v) is 4.53. The van der Waals surface area contributed by atoms with Gasteiger partial charge in [-0.1, -0.05) is 30.2 Å². The molecule has 0 radical (unpaired) electrons. The molecule has 0 rings (SSSR count). The molecule has 0 aliphatic rings. The lowest BCUT2D eigenvalue weighted by Gasteiger charge is -2.06. The van der Waals surface area contributed by atoms with Crippen molar-refractivity contribution in [1.29, 1.82) is 0 Å². The zero-order valence-corrected chi connectivity index (χ0v) is 11.2. The number of carbonyl (C=O) groups is 1. The van der Waals surface area contributed by atoms with E-state index in [0.29, 0.717) is 0 Å². The van der Waals surface area contributed by atoms with Crippen molar-refractivity contribution in [3.05, 3.63) is 23.3 Å². The fourth-order valence-electron chi connectivity index (χ4n) is 1.37. The Balaban J connectivity index is 3.95. The summed E-state index contributed by atoms with van der Waals surface area (Å²) in [6, 6.07) is 0. The van der Waals surface area contributed by atoms with Crippen LogP contribution in [0.15, 0.2) is 23.3 Å². The molecule has 0 bridgehead atoms. The summed E-state index contributed by atoms with van der Waals surface area (Å²) in [5.74, 6) is -0.170. The number of hydrogen-bond acceptors (Lipinski definition) is 2. The third kappa shape index (κ3) is 7.27. The Kier molecular flexibility index (Phi) is 7.61. The quantitative estimate of drug-likeness (QED) is 0.505. The molecule has 92 valence electrons. The zero-order chi connectivity index (χ0) is 12.6. The number of hydrogen-bond donors (Lipinski definition) is 0. The number of ether oxygens (including phenoxy) is 1. The Hall–Kier alpha value is -1.05. The summed E-state index contributed by atoms with van der Waals surface area (Å²) >= 11 is 0. The van der Waals surface area contributed by atoms with E-state index in [1.165, 1.54) is 18.3 Å². The van der Waals surface area contributed by atoms with Crippen LogP contribution in [0, 0.1) is 5.92 Å². The molecule has 1 unspecified atom stereocenters. The smallest absolute Gasteiger partial charge is 0.308 e. The molecule has 0 aliphatic heterocycles. The predicted octanol–water partition coefficient (Wildman–Crippen LogP) is 3.88. The summed E-state index contributed by atoms with van der Waals surface area (Å²) in [4.78, 5) is 11.2. The summed E-state index contributed by atoms with van der Waals surface area (Å²) in [5, 5.41) is 0. The molecule has 0 aromatic rings. The molecule has 16 heavy (non-hydrogen) atoms. The van der Waals surface area contributed by atoms with E-state index < -0.39 is 0 Å². The third-order valence-electron chi connectivity index (χ3n) is 2.51. The molecular weight excluding hydrogens is 200 g/mol. The monoisotopic (exact) mass is 224 g/mol. The SMILES string of the molecule is COC(=O)C(C)C/C=C(\C)CCC=C(C)C. The molecule has 0 aromatic carbocycles. The second kappa shape index (κ2) is 8.14. The summed E-state index contributed by atoms with van der Waals surface area (Å²) in [6.45, 7) is 8.23. The largest absolute Gasteiger partial charge is 0.469 e. The normalized spacial score (nSPS) is 13.2.